The number of hydrogen-bond acceptors (Lipinski definition) is 2. The highest BCUT2D eigenvalue weighted by Gasteiger charge is 2.19. The van der Waals surface area contributed by atoms with Crippen LogP contribution in [0.4, 0.5) is 0 Å². The van der Waals surface area contributed by atoms with Gasteiger partial charge < -0.3 is 5.11 Å². The Hall–Kier alpha value is -0.570. The first-order valence-corrected chi connectivity index (χ1v) is 15.0. The fraction of sp³-hybridized carbons (Fsp3) is 0.967. The van der Waals surface area contributed by atoms with Gasteiger partial charge in [0.05, 0.1) is 0 Å². The second kappa shape index (κ2) is 24.6. The molecule has 0 amide bonds. The summed E-state index contributed by atoms with van der Waals surface area (Å²) in [6, 6.07) is 1.13. The van der Waals surface area contributed by atoms with Crippen LogP contribution in [0.3, 0.4) is 0 Å². The third-order valence-corrected chi connectivity index (χ3v) is 7.39. The zero-order valence-corrected chi connectivity index (χ0v) is 23.2. The van der Waals surface area contributed by atoms with Crippen molar-refractivity contribution >= 4 is 5.97 Å². The molecule has 0 aliphatic carbocycles. The lowest BCUT2D eigenvalue weighted by molar-refractivity contribution is -0.137. The van der Waals surface area contributed by atoms with Gasteiger partial charge in [-0.15, -0.1) is 0 Å². The SMILES string of the molecule is CCCCCCCCCCCC(C)N(CCCC(=O)O)C(C)CCCCCCCCCCC. The molecule has 3 heteroatoms. The monoisotopic (exact) mass is 467 g/mol. The van der Waals surface area contributed by atoms with Crippen molar-refractivity contribution in [1.82, 2.24) is 4.90 Å². The van der Waals surface area contributed by atoms with Gasteiger partial charge in [-0.25, -0.2) is 0 Å². The Labute approximate surface area is 208 Å². The maximum Gasteiger partial charge on any atom is 0.303 e. The van der Waals surface area contributed by atoms with Crippen molar-refractivity contribution in [2.45, 2.75) is 181 Å². The van der Waals surface area contributed by atoms with Gasteiger partial charge in [0, 0.05) is 18.5 Å². The minimum atomic E-state index is -0.659. The predicted octanol–water partition coefficient (Wildman–Crippen LogP) is 9.77. The summed E-state index contributed by atoms with van der Waals surface area (Å²) < 4.78 is 0. The van der Waals surface area contributed by atoms with Crippen molar-refractivity contribution in [3.8, 4) is 0 Å². The topological polar surface area (TPSA) is 40.5 Å². The number of rotatable bonds is 26. The van der Waals surface area contributed by atoms with Crippen LogP contribution in [0.1, 0.15) is 169 Å². The van der Waals surface area contributed by atoms with E-state index >= 15 is 0 Å². The summed E-state index contributed by atoms with van der Waals surface area (Å²) in [5.41, 5.74) is 0. The van der Waals surface area contributed by atoms with E-state index in [9.17, 15) is 4.79 Å². The van der Waals surface area contributed by atoms with Crippen molar-refractivity contribution in [3.05, 3.63) is 0 Å². The van der Waals surface area contributed by atoms with Crippen LogP contribution in [-0.2, 0) is 4.79 Å². The molecule has 0 saturated carbocycles. The Morgan fingerprint density at radius 2 is 0.909 bits per heavy atom. The second-order valence-electron chi connectivity index (χ2n) is 10.7. The van der Waals surface area contributed by atoms with E-state index in [2.05, 4.69) is 32.6 Å². The molecule has 0 aromatic carbocycles. The first-order valence-electron chi connectivity index (χ1n) is 15.0. The normalized spacial score (nSPS) is 13.5. The third-order valence-electron chi connectivity index (χ3n) is 7.39. The third kappa shape index (κ3) is 21.7. The molecule has 0 saturated heterocycles. The largest absolute Gasteiger partial charge is 0.481 e. The Balaban J connectivity index is 4.11. The second-order valence-corrected chi connectivity index (χ2v) is 10.7. The summed E-state index contributed by atoms with van der Waals surface area (Å²) in [5.74, 6) is -0.659. The van der Waals surface area contributed by atoms with Gasteiger partial charge in [-0.05, 0) is 39.7 Å². The fourth-order valence-electron chi connectivity index (χ4n) is 5.12. The van der Waals surface area contributed by atoms with Gasteiger partial charge in [-0.3, -0.25) is 9.69 Å². The number of aliphatic carboxylic acids is 1. The maximum absolute atomic E-state index is 11.0. The van der Waals surface area contributed by atoms with Gasteiger partial charge in [-0.1, -0.05) is 129 Å². The van der Waals surface area contributed by atoms with Gasteiger partial charge >= 0.3 is 5.97 Å². The molecule has 0 heterocycles. The number of carbonyl (C=O) groups is 1. The molecule has 1 N–H and O–H groups in total. The number of carboxylic acids is 1. The Kier molecular flexibility index (Phi) is 24.1. The van der Waals surface area contributed by atoms with E-state index in [-0.39, 0.29) is 0 Å². The van der Waals surface area contributed by atoms with Gasteiger partial charge in [0.15, 0.2) is 0 Å². The first-order chi connectivity index (χ1) is 16.0. The molecule has 0 fully saturated rings. The molecule has 0 aromatic heterocycles. The van der Waals surface area contributed by atoms with E-state index in [1.165, 1.54) is 128 Å². The van der Waals surface area contributed by atoms with Crippen LogP contribution < -0.4 is 0 Å². The summed E-state index contributed by atoms with van der Waals surface area (Å²) in [6.45, 7) is 10.2. The van der Waals surface area contributed by atoms with Crippen LogP contribution in [0.5, 0.6) is 0 Å². The summed E-state index contributed by atoms with van der Waals surface area (Å²) in [7, 11) is 0. The average Bonchev–Trinajstić information content (AvgIpc) is 2.79. The standard InChI is InChI=1S/C30H61NO2/c1-5-7-9-11-13-15-17-19-21-24-28(3)31(27-23-26-30(32)33)29(4)25-22-20-18-16-14-12-10-8-6-2/h28-29H,5-27H2,1-4H3,(H,32,33). The summed E-state index contributed by atoms with van der Waals surface area (Å²) in [5, 5.41) is 9.07. The smallest absolute Gasteiger partial charge is 0.303 e. The average molecular weight is 468 g/mol. The number of carboxylic acid groups (broad SMARTS) is 1. The summed E-state index contributed by atoms with van der Waals surface area (Å²) >= 11 is 0. The van der Waals surface area contributed by atoms with Crippen LogP contribution >= 0.6 is 0 Å². The lowest BCUT2D eigenvalue weighted by Crippen LogP contribution is -2.41. The Morgan fingerprint density at radius 1 is 0.576 bits per heavy atom. The lowest BCUT2D eigenvalue weighted by Gasteiger charge is -2.35. The molecule has 0 rings (SSSR count). The van der Waals surface area contributed by atoms with E-state index in [1.807, 2.05) is 0 Å². The minimum Gasteiger partial charge on any atom is -0.481 e. The number of nitrogens with zero attached hydrogens (tertiary/aromatic N) is 1. The van der Waals surface area contributed by atoms with E-state index in [0.717, 1.165) is 13.0 Å². The maximum atomic E-state index is 11.0. The molecule has 3 nitrogen and oxygen atoms in total. The molecule has 2 unspecified atom stereocenters. The van der Waals surface area contributed by atoms with Crippen molar-refractivity contribution in [2.24, 2.45) is 0 Å². The van der Waals surface area contributed by atoms with E-state index in [1.54, 1.807) is 0 Å². The molecule has 0 aliphatic rings. The summed E-state index contributed by atoms with van der Waals surface area (Å²) in [6.07, 6.45) is 28.4. The molecule has 0 spiro atoms. The molecular weight excluding hydrogens is 406 g/mol. The molecule has 33 heavy (non-hydrogen) atoms. The molecule has 0 bridgehead atoms. The molecule has 0 aromatic rings. The van der Waals surface area contributed by atoms with Crippen molar-refractivity contribution < 1.29 is 9.90 Å². The Morgan fingerprint density at radius 3 is 1.24 bits per heavy atom. The highest BCUT2D eigenvalue weighted by Crippen LogP contribution is 2.20. The van der Waals surface area contributed by atoms with Crippen LogP contribution in [0.15, 0.2) is 0 Å². The molecule has 0 radical (unpaired) electrons. The molecule has 2 atom stereocenters. The Bertz CT molecular complexity index is 384. The van der Waals surface area contributed by atoms with Crippen LogP contribution in [0.2, 0.25) is 0 Å². The number of unbranched alkanes of at least 4 members (excludes halogenated alkanes) is 16. The number of hydrogen-bond donors (Lipinski definition) is 1. The quantitative estimate of drug-likeness (QED) is 0.129. The van der Waals surface area contributed by atoms with E-state index in [4.69, 9.17) is 5.11 Å². The van der Waals surface area contributed by atoms with Gasteiger partial charge in [-0.2, -0.15) is 0 Å². The highest BCUT2D eigenvalue weighted by atomic mass is 16.4. The zero-order chi connectivity index (χ0) is 24.6. The fourth-order valence-corrected chi connectivity index (χ4v) is 5.12. The zero-order valence-electron chi connectivity index (χ0n) is 23.2. The van der Waals surface area contributed by atoms with E-state index < -0.39 is 5.97 Å². The van der Waals surface area contributed by atoms with Gasteiger partial charge in [0.1, 0.15) is 0 Å². The minimum absolute atomic E-state index is 0.298. The first kappa shape index (κ1) is 32.4. The molecule has 0 aliphatic heterocycles. The van der Waals surface area contributed by atoms with Crippen molar-refractivity contribution in [1.29, 1.82) is 0 Å². The van der Waals surface area contributed by atoms with Crippen LogP contribution in [-0.4, -0.2) is 34.6 Å². The van der Waals surface area contributed by atoms with E-state index in [0.29, 0.717) is 18.5 Å². The molecule has 198 valence electrons. The van der Waals surface area contributed by atoms with Gasteiger partial charge in [0.2, 0.25) is 0 Å². The van der Waals surface area contributed by atoms with Crippen LogP contribution in [0.25, 0.3) is 0 Å². The van der Waals surface area contributed by atoms with Crippen molar-refractivity contribution in [3.63, 3.8) is 0 Å². The molecular formula is C30H61NO2. The summed E-state index contributed by atoms with van der Waals surface area (Å²) in [4.78, 5) is 13.6. The van der Waals surface area contributed by atoms with Crippen LogP contribution in [0, 0.1) is 0 Å². The predicted molar refractivity (Wildman–Crippen MR) is 146 cm³/mol. The van der Waals surface area contributed by atoms with Crippen molar-refractivity contribution in [2.75, 3.05) is 6.54 Å². The van der Waals surface area contributed by atoms with Gasteiger partial charge in [0.25, 0.3) is 0 Å². The highest BCUT2D eigenvalue weighted by molar-refractivity contribution is 5.66. The lowest BCUT2D eigenvalue weighted by atomic mass is 10.0.